The van der Waals surface area contributed by atoms with Gasteiger partial charge in [-0.25, -0.2) is 9.67 Å². The molecule has 0 unspecified atom stereocenters. The molecule has 152 valence electrons. The summed E-state index contributed by atoms with van der Waals surface area (Å²) in [6.45, 7) is 6.85. The van der Waals surface area contributed by atoms with Gasteiger partial charge in [-0.3, -0.25) is 4.79 Å². The number of hydrogen-bond donors (Lipinski definition) is 0. The highest BCUT2D eigenvalue weighted by molar-refractivity contribution is 5.48. The largest absolute Gasteiger partial charge is 0.356 e. The van der Waals surface area contributed by atoms with Crippen LogP contribution in [0.2, 0.25) is 0 Å². The highest BCUT2D eigenvalue weighted by Crippen LogP contribution is 2.38. The zero-order valence-corrected chi connectivity index (χ0v) is 17.0. The Balaban J connectivity index is 1.31. The molecule has 1 aliphatic heterocycles. The van der Waals surface area contributed by atoms with Crippen molar-refractivity contribution in [2.75, 3.05) is 18.0 Å². The van der Waals surface area contributed by atoms with Crippen molar-refractivity contribution in [3.05, 3.63) is 46.3 Å². The lowest BCUT2D eigenvalue weighted by Gasteiger charge is -2.33. The van der Waals surface area contributed by atoms with E-state index >= 15 is 0 Å². The van der Waals surface area contributed by atoms with Crippen molar-refractivity contribution in [1.82, 2.24) is 29.4 Å². The molecule has 5 rings (SSSR count). The number of aromatic nitrogens is 6. The summed E-state index contributed by atoms with van der Waals surface area (Å²) in [5.41, 5.74) is 2.13. The van der Waals surface area contributed by atoms with E-state index in [9.17, 15) is 4.79 Å². The van der Waals surface area contributed by atoms with Gasteiger partial charge in [0, 0.05) is 37.7 Å². The van der Waals surface area contributed by atoms with Crippen LogP contribution in [0.4, 0.5) is 5.82 Å². The first-order chi connectivity index (χ1) is 14.1. The molecule has 0 bridgehead atoms. The Morgan fingerprint density at radius 3 is 2.66 bits per heavy atom. The predicted octanol–water partition coefficient (Wildman–Crippen LogP) is 2.60. The summed E-state index contributed by atoms with van der Waals surface area (Å²) in [6, 6.07) is 5.72. The lowest BCUT2D eigenvalue weighted by molar-refractivity contribution is 0.332. The van der Waals surface area contributed by atoms with Crippen molar-refractivity contribution < 1.29 is 0 Å². The van der Waals surface area contributed by atoms with Crippen LogP contribution in [-0.2, 0) is 6.54 Å². The molecule has 1 saturated carbocycles. The fourth-order valence-electron chi connectivity index (χ4n) is 4.12. The molecule has 0 atom stereocenters. The minimum atomic E-state index is 0.0110. The zero-order chi connectivity index (χ0) is 20.0. The molecule has 1 aliphatic carbocycles. The summed E-state index contributed by atoms with van der Waals surface area (Å²) in [5.74, 6) is 3.07. The van der Waals surface area contributed by atoms with E-state index < -0.39 is 0 Å². The first-order valence-corrected chi connectivity index (χ1v) is 10.6. The molecule has 3 aromatic rings. The third kappa shape index (κ3) is 3.63. The number of hydrogen-bond acceptors (Lipinski definition) is 6. The Kier molecular flexibility index (Phi) is 4.56. The van der Waals surface area contributed by atoms with E-state index in [2.05, 4.69) is 45.0 Å². The Morgan fingerprint density at radius 2 is 1.93 bits per heavy atom. The smallest absolute Gasteiger partial charge is 0.266 e. The molecule has 0 radical (unpaired) electrons. The minimum absolute atomic E-state index is 0.0110. The fourth-order valence-corrected chi connectivity index (χ4v) is 4.12. The maximum absolute atomic E-state index is 12.3. The van der Waals surface area contributed by atoms with Crippen LogP contribution >= 0.6 is 0 Å². The molecule has 8 heteroatoms. The molecule has 2 fully saturated rings. The molecule has 4 heterocycles. The monoisotopic (exact) mass is 393 g/mol. The van der Waals surface area contributed by atoms with Gasteiger partial charge in [0.15, 0.2) is 0 Å². The first kappa shape index (κ1) is 18.3. The number of rotatable bonds is 5. The van der Waals surface area contributed by atoms with E-state index in [-0.39, 0.29) is 5.56 Å². The Labute approximate surface area is 169 Å². The number of nitrogens with zero attached hydrogens (tertiary/aromatic N) is 7. The highest BCUT2D eigenvalue weighted by Gasteiger charge is 2.27. The molecule has 2 aliphatic rings. The molecule has 1 saturated heterocycles. The zero-order valence-electron chi connectivity index (χ0n) is 17.0. The van der Waals surface area contributed by atoms with Gasteiger partial charge < -0.3 is 4.90 Å². The summed E-state index contributed by atoms with van der Waals surface area (Å²) < 4.78 is 3.52. The second-order valence-electron chi connectivity index (χ2n) is 8.65. The Morgan fingerprint density at radius 1 is 1.14 bits per heavy atom. The van der Waals surface area contributed by atoms with Gasteiger partial charge in [-0.05, 0) is 43.6 Å². The Hall–Kier alpha value is -2.77. The van der Waals surface area contributed by atoms with Gasteiger partial charge in [0.25, 0.3) is 11.3 Å². The summed E-state index contributed by atoms with van der Waals surface area (Å²) in [7, 11) is 0. The van der Waals surface area contributed by atoms with Crippen LogP contribution in [0, 0.1) is 5.92 Å². The molecule has 0 N–H and O–H groups in total. The number of anilines is 1. The van der Waals surface area contributed by atoms with Gasteiger partial charge in [-0.15, -0.1) is 0 Å². The number of piperidine rings is 1. The highest BCUT2D eigenvalue weighted by atomic mass is 16.1. The molecular weight excluding hydrogens is 366 g/mol. The van der Waals surface area contributed by atoms with Crippen molar-refractivity contribution >= 4 is 11.6 Å². The molecular formula is C21H27N7O. The van der Waals surface area contributed by atoms with Gasteiger partial charge in [-0.1, -0.05) is 13.8 Å². The summed E-state index contributed by atoms with van der Waals surface area (Å²) in [5, 5.41) is 9.00. The average Bonchev–Trinajstić information content (AvgIpc) is 3.46. The molecule has 0 amide bonds. The van der Waals surface area contributed by atoms with E-state index in [4.69, 9.17) is 0 Å². The standard InChI is InChI=1S/C21H27N7O/c1-14(2)18-11-19(28-21(24-18)22-13-23-28)26-9-7-15(8-10-26)12-27-20(29)6-5-17(25-27)16-3-4-16/h5-6,11,13-16H,3-4,7-10,12H2,1-2H3. The van der Waals surface area contributed by atoms with E-state index in [0.29, 0.717) is 30.1 Å². The minimum Gasteiger partial charge on any atom is -0.356 e. The van der Waals surface area contributed by atoms with Crippen LogP contribution in [-0.4, -0.2) is 42.5 Å². The maximum Gasteiger partial charge on any atom is 0.266 e. The van der Waals surface area contributed by atoms with Gasteiger partial charge in [0.2, 0.25) is 0 Å². The van der Waals surface area contributed by atoms with Crippen molar-refractivity contribution in [2.24, 2.45) is 5.92 Å². The third-order valence-electron chi connectivity index (χ3n) is 6.10. The number of fused-ring (bicyclic) bond motifs is 1. The topological polar surface area (TPSA) is 81.2 Å². The summed E-state index contributed by atoms with van der Waals surface area (Å²) in [4.78, 5) is 23.5. The summed E-state index contributed by atoms with van der Waals surface area (Å²) >= 11 is 0. The average molecular weight is 393 g/mol. The maximum atomic E-state index is 12.3. The van der Waals surface area contributed by atoms with Crippen LogP contribution in [0.1, 0.15) is 62.8 Å². The lowest BCUT2D eigenvalue weighted by atomic mass is 9.96. The lowest BCUT2D eigenvalue weighted by Crippen LogP contribution is -2.38. The molecule has 3 aromatic heterocycles. The second-order valence-corrected chi connectivity index (χ2v) is 8.65. The van der Waals surface area contributed by atoms with E-state index in [1.54, 1.807) is 17.1 Å². The summed E-state index contributed by atoms with van der Waals surface area (Å²) in [6.07, 6.45) is 6.01. The first-order valence-electron chi connectivity index (χ1n) is 10.6. The van der Waals surface area contributed by atoms with Gasteiger partial charge in [0.05, 0.1) is 11.4 Å². The van der Waals surface area contributed by atoms with Crippen molar-refractivity contribution in [1.29, 1.82) is 0 Å². The van der Waals surface area contributed by atoms with Crippen molar-refractivity contribution in [3.8, 4) is 0 Å². The van der Waals surface area contributed by atoms with Crippen molar-refractivity contribution in [2.45, 2.75) is 57.9 Å². The normalized spacial score (nSPS) is 18.1. The van der Waals surface area contributed by atoms with Crippen LogP contribution < -0.4 is 10.5 Å². The fraction of sp³-hybridized carbons (Fsp3) is 0.571. The van der Waals surface area contributed by atoms with E-state index in [1.807, 2.05) is 10.6 Å². The van der Waals surface area contributed by atoms with Crippen LogP contribution in [0.25, 0.3) is 5.78 Å². The Bertz CT molecular complexity index is 1070. The molecule has 0 spiro atoms. The van der Waals surface area contributed by atoms with E-state index in [1.165, 1.54) is 12.8 Å². The van der Waals surface area contributed by atoms with Crippen LogP contribution in [0.3, 0.4) is 0 Å². The van der Waals surface area contributed by atoms with Crippen molar-refractivity contribution in [3.63, 3.8) is 0 Å². The van der Waals surface area contributed by atoms with Crippen LogP contribution in [0.5, 0.6) is 0 Å². The predicted molar refractivity (Wildman–Crippen MR) is 110 cm³/mol. The molecule has 8 nitrogen and oxygen atoms in total. The molecule has 29 heavy (non-hydrogen) atoms. The van der Waals surface area contributed by atoms with Gasteiger partial charge in [-0.2, -0.15) is 19.7 Å². The van der Waals surface area contributed by atoms with Crippen LogP contribution in [0.15, 0.2) is 29.3 Å². The second kappa shape index (κ2) is 7.24. The molecule has 0 aromatic carbocycles. The third-order valence-corrected chi connectivity index (χ3v) is 6.10. The quantitative estimate of drug-likeness (QED) is 0.663. The SMILES string of the molecule is CC(C)c1cc(N2CCC(Cn3nc(C4CC4)ccc3=O)CC2)n2ncnc2n1. The van der Waals surface area contributed by atoms with Gasteiger partial charge >= 0.3 is 0 Å². The van der Waals surface area contributed by atoms with Gasteiger partial charge in [0.1, 0.15) is 12.1 Å². The van der Waals surface area contributed by atoms with E-state index in [0.717, 1.165) is 43.1 Å².